The van der Waals surface area contributed by atoms with Crippen LogP contribution < -0.4 is 0 Å². The van der Waals surface area contributed by atoms with Gasteiger partial charge in [-0.1, -0.05) is 13.8 Å². The summed E-state index contributed by atoms with van der Waals surface area (Å²) in [4.78, 5) is 11.8. The summed E-state index contributed by atoms with van der Waals surface area (Å²) in [6.07, 6.45) is 4.06. The first-order valence-electron chi connectivity index (χ1n) is 6.10. The molecule has 0 amide bonds. The van der Waals surface area contributed by atoms with E-state index >= 15 is 0 Å². The Bertz CT molecular complexity index is 211. The maximum atomic E-state index is 11.8. The van der Waals surface area contributed by atoms with Gasteiger partial charge >= 0.3 is 0 Å². The minimum Gasteiger partial charge on any atom is -0.382 e. The Morgan fingerprint density at radius 2 is 2.07 bits per heavy atom. The van der Waals surface area contributed by atoms with Crippen LogP contribution in [0.15, 0.2) is 0 Å². The smallest absolute Gasteiger partial charge is 0.136 e. The van der Waals surface area contributed by atoms with E-state index in [4.69, 9.17) is 4.74 Å². The zero-order valence-electron chi connectivity index (χ0n) is 10.5. The molecule has 88 valence electrons. The van der Waals surface area contributed by atoms with Crippen molar-refractivity contribution in [2.24, 2.45) is 17.8 Å². The van der Waals surface area contributed by atoms with E-state index in [1.165, 1.54) is 0 Å². The number of carbonyl (C=O) groups excluding carboxylic acids is 1. The Morgan fingerprint density at radius 1 is 1.40 bits per heavy atom. The lowest BCUT2D eigenvalue weighted by atomic mass is 9.74. The first-order chi connectivity index (χ1) is 7.04. The summed E-state index contributed by atoms with van der Waals surface area (Å²) >= 11 is 0. The molecule has 0 radical (unpaired) electrons. The van der Waals surface area contributed by atoms with E-state index in [0.717, 1.165) is 31.6 Å². The molecule has 3 unspecified atom stereocenters. The van der Waals surface area contributed by atoms with Crippen molar-refractivity contribution < 1.29 is 9.53 Å². The third kappa shape index (κ3) is 3.60. The van der Waals surface area contributed by atoms with Crippen LogP contribution in [0, 0.1) is 17.8 Å². The third-order valence-electron chi connectivity index (χ3n) is 3.77. The van der Waals surface area contributed by atoms with E-state index in [0.29, 0.717) is 11.7 Å². The summed E-state index contributed by atoms with van der Waals surface area (Å²) in [6.45, 7) is 6.57. The number of ketones is 1. The molecule has 0 N–H and O–H groups in total. The van der Waals surface area contributed by atoms with Gasteiger partial charge in [-0.05, 0) is 38.0 Å². The monoisotopic (exact) mass is 212 g/mol. The highest BCUT2D eigenvalue weighted by atomic mass is 16.5. The van der Waals surface area contributed by atoms with Gasteiger partial charge in [0.25, 0.3) is 0 Å². The molecule has 1 fully saturated rings. The molecular weight excluding hydrogens is 188 g/mol. The quantitative estimate of drug-likeness (QED) is 0.716. The van der Waals surface area contributed by atoms with Crippen LogP contribution in [-0.4, -0.2) is 19.0 Å². The van der Waals surface area contributed by atoms with E-state index in [2.05, 4.69) is 13.8 Å². The van der Waals surface area contributed by atoms with Crippen molar-refractivity contribution in [2.45, 2.75) is 52.6 Å². The van der Waals surface area contributed by atoms with E-state index in [-0.39, 0.29) is 12.0 Å². The highest BCUT2D eigenvalue weighted by molar-refractivity contribution is 5.81. The van der Waals surface area contributed by atoms with E-state index in [1.807, 2.05) is 6.92 Å². The summed E-state index contributed by atoms with van der Waals surface area (Å²) in [5, 5.41) is 0. The predicted octanol–water partition coefficient (Wildman–Crippen LogP) is 3.05. The van der Waals surface area contributed by atoms with Crippen LogP contribution in [0.25, 0.3) is 0 Å². The highest BCUT2D eigenvalue weighted by Gasteiger charge is 2.30. The maximum Gasteiger partial charge on any atom is 0.136 e. The molecule has 0 aliphatic heterocycles. The van der Waals surface area contributed by atoms with Crippen LogP contribution in [-0.2, 0) is 9.53 Å². The second-order valence-corrected chi connectivity index (χ2v) is 5.22. The number of methoxy groups -OCH3 is 1. The van der Waals surface area contributed by atoms with Crippen molar-refractivity contribution >= 4 is 5.78 Å². The van der Waals surface area contributed by atoms with Gasteiger partial charge in [-0.25, -0.2) is 0 Å². The topological polar surface area (TPSA) is 26.3 Å². The Balaban J connectivity index is 2.50. The van der Waals surface area contributed by atoms with Crippen molar-refractivity contribution in [1.29, 1.82) is 0 Å². The molecule has 0 saturated heterocycles. The van der Waals surface area contributed by atoms with Gasteiger partial charge in [-0.15, -0.1) is 0 Å². The fourth-order valence-corrected chi connectivity index (χ4v) is 2.48. The summed E-state index contributed by atoms with van der Waals surface area (Å²) < 4.78 is 5.24. The molecule has 2 nitrogen and oxygen atoms in total. The van der Waals surface area contributed by atoms with Crippen LogP contribution >= 0.6 is 0 Å². The number of hydrogen-bond donors (Lipinski definition) is 0. The molecule has 0 heterocycles. The van der Waals surface area contributed by atoms with Crippen LogP contribution in [0.3, 0.4) is 0 Å². The molecule has 0 aromatic rings. The lowest BCUT2D eigenvalue weighted by Gasteiger charge is -2.31. The molecule has 0 spiro atoms. The molecule has 1 saturated carbocycles. The van der Waals surface area contributed by atoms with Gasteiger partial charge < -0.3 is 4.74 Å². The predicted molar refractivity (Wildman–Crippen MR) is 61.8 cm³/mol. The molecule has 1 aliphatic rings. The van der Waals surface area contributed by atoms with E-state index in [1.54, 1.807) is 7.11 Å². The van der Waals surface area contributed by atoms with Crippen molar-refractivity contribution in [2.75, 3.05) is 7.11 Å². The van der Waals surface area contributed by atoms with Crippen LogP contribution in [0.2, 0.25) is 0 Å². The molecule has 3 atom stereocenters. The van der Waals surface area contributed by atoms with E-state index in [9.17, 15) is 4.79 Å². The summed E-state index contributed by atoms with van der Waals surface area (Å²) in [5.74, 6) is 2.15. The first kappa shape index (κ1) is 12.7. The fourth-order valence-electron chi connectivity index (χ4n) is 2.48. The number of ether oxygens (including phenoxy) is 1. The molecule has 2 heteroatoms. The standard InChI is InChI=1S/C13H24O2/c1-9(2)11-5-6-13(14)12(8-11)7-10(3)15-4/h9-12H,5-8H2,1-4H3. The second-order valence-electron chi connectivity index (χ2n) is 5.22. The molecule has 0 bridgehead atoms. The Hall–Kier alpha value is -0.370. The van der Waals surface area contributed by atoms with Crippen LogP contribution in [0.4, 0.5) is 0 Å². The number of carbonyl (C=O) groups is 1. The zero-order chi connectivity index (χ0) is 11.4. The molecule has 1 aliphatic carbocycles. The molecule has 0 aromatic carbocycles. The van der Waals surface area contributed by atoms with Crippen LogP contribution in [0.1, 0.15) is 46.5 Å². The van der Waals surface area contributed by atoms with Crippen molar-refractivity contribution in [3.8, 4) is 0 Å². The highest BCUT2D eigenvalue weighted by Crippen LogP contribution is 2.33. The summed E-state index contributed by atoms with van der Waals surface area (Å²) in [6, 6.07) is 0. The minimum atomic E-state index is 0.213. The Kier molecular flexibility index (Phi) is 4.78. The van der Waals surface area contributed by atoms with Gasteiger partial charge in [0, 0.05) is 19.4 Å². The van der Waals surface area contributed by atoms with Crippen LogP contribution in [0.5, 0.6) is 0 Å². The molecular formula is C13H24O2. The SMILES string of the molecule is COC(C)CC1CC(C(C)C)CCC1=O. The average Bonchev–Trinajstić information content (AvgIpc) is 2.20. The largest absolute Gasteiger partial charge is 0.382 e. The Morgan fingerprint density at radius 3 is 2.60 bits per heavy atom. The number of hydrogen-bond acceptors (Lipinski definition) is 2. The van der Waals surface area contributed by atoms with Gasteiger partial charge in [-0.3, -0.25) is 4.79 Å². The van der Waals surface area contributed by atoms with Gasteiger partial charge in [0.2, 0.25) is 0 Å². The maximum absolute atomic E-state index is 11.8. The molecule has 1 rings (SSSR count). The van der Waals surface area contributed by atoms with E-state index < -0.39 is 0 Å². The normalized spacial score (nSPS) is 29.5. The lowest BCUT2D eigenvalue weighted by Crippen LogP contribution is -2.30. The zero-order valence-corrected chi connectivity index (χ0v) is 10.5. The third-order valence-corrected chi connectivity index (χ3v) is 3.77. The molecule has 15 heavy (non-hydrogen) atoms. The van der Waals surface area contributed by atoms with Gasteiger partial charge in [0.15, 0.2) is 0 Å². The number of Topliss-reactive ketones (excluding diaryl/α,β-unsaturated/α-hetero) is 1. The lowest BCUT2D eigenvalue weighted by molar-refractivity contribution is -0.127. The average molecular weight is 212 g/mol. The summed E-state index contributed by atoms with van der Waals surface area (Å²) in [5.41, 5.74) is 0. The van der Waals surface area contributed by atoms with Gasteiger partial charge in [0.1, 0.15) is 5.78 Å². The van der Waals surface area contributed by atoms with Gasteiger partial charge in [-0.2, -0.15) is 0 Å². The summed E-state index contributed by atoms with van der Waals surface area (Å²) in [7, 11) is 1.72. The first-order valence-corrected chi connectivity index (χ1v) is 6.10. The fraction of sp³-hybridized carbons (Fsp3) is 0.923. The second kappa shape index (κ2) is 5.64. The molecule has 0 aromatic heterocycles. The minimum absolute atomic E-state index is 0.213. The van der Waals surface area contributed by atoms with Gasteiger partial charge in [0.05, 0.1) is 6.10 Å². The van der Waals surface area contributed by atoms with Crippen molar-refractivity contribution in [3.63, 3.8) is 0 Å². The Labute approximate surface area is 93.4 Å². The number of rotatable bonds is 4. The van der Waals surface area contributed by atoms with Crippen molar-refractivity contribution in [3.05, 3.63) is 0 Å². The van der Waals surface area contributed by atoms with Crippen molar-refractivity contribution in [1.82, 2.24) is 0 Å².